The van der Waals surface area contributed by atoms with Gasteiger partial charge in [-0.15, -0.1) is 0 Å². The third-order valence-corrected chi connectivity index (χ3v) is 3.72. The molecule has 1 amide bonds. The smallest absolute Gasteiger partial charge is 0.340 e. The van der Waals surface area contributed by atoms with Crippen molar-refractivity contribution in [2.24, 2.45) is 0 Å². The Morgan fingerprint density at radius 2 is 1.77 bits per heavy atom. The maximum absolute atomic E-state index is 12.0. The van der Waals surface area contributed by atoms with Crippen LogP contribution < -0.4 is 5.32 Å². The van der Waals surface area contributed by atoms with E-state index in [-0.39, 0.29) is 10.6 Å². The van der Waals surface area contributed by atoms with Crippen molar-refractivity contribution in [2.75, 3.05) is 5.32 Å². The molecule has 0 aliphatic carbocycles. The fraction of sp³-hybridized carbons (Fsp3) is 0.125. The van der Waals surface area contributed by atoms with Crippen molar-refractivity contribution < 1.29 is 14.3 Å². The molecular formula is C16H13BrClNO3. The molecule has 2 rings (SSSR count). The molecule has 0 heterocycles. The zero-order valence-corrected chi connectivity index (χ0v) is 14.0. The third kappa shape index (κ3) is 4.32. The molecule has 1 atom stereocenters. The van der Waals surface area contributed by atoms with Crippen LogP contribution in [-0.4, -0.2) is 18.0 Å². The molecular weight excluding hydrogens is 370 g/mol. The molecule has 0 saturated heterocycles. The molecule has 1 N–H and O–H groups in total. The fourth-order valence-electron chi connectivity index (χ4n) is 1.68. The molecule has 0 fully saturated rings. The maximum Gasteiger partial charge on any atom is 0.340 e. The predicted octanol–water partition coefficient (Wildman–Crippen LogP) is 4.29. The predicted molar refractivity (Wildman–Crippen MR) is 89.1 cm³/mol. The number of benzene rings is 2. The van der Waals surface area contributed by atoms with Crippen LogP contribution in [0.2, 0.25) is 5.02 Å². The highest BCUT2D eigenvalue weighted by molar-refractivity contribution is 9.10. The lowest BCUT2D eigenvalue weighted by Crippen LogP contribution is -2.30. The molecule has 22 heavy (non-hydrogen) atoms. The van der Waals surface area contributed by atoms with E-state index in [1.165, 1.54) is 6.92 Å². The zero-order chi connectivity index (χ0) is 16.1. The highest BCUT2D eigenvalue weighted by Gasteiger charge is 2.20. The number of nitrogens with one attached hydrogen (secondary N) is 1. The molecule has 0 aliphatic heterocycles. The molecule has 1 unspecified atom stereocenters. The average molecular weight is 383 g/mol. The van der Waals surface area contributed by atoms with E-state index in [0.29, 0.717) is 5.69 Å². The van der Waals surface area contributed by atoms with Crippen LogP contribution in [-0.2, 0) is 9.53 Å². The number of halogens is 2. The molecule has 0 saturated carbocycles. The van der Waals surface area contributed by atoms with Crippen molar-refractivity contribution >= 4 is 45.1 Å². The van der Waals surface area contributed by atoms with E-state index >= 15 is 0 Å². The van der Waals surface area contributed by atoms with Gasteiger partial charge in [0.15, 0.2) is 6.10 Å². The lowest BCUT2D eigenvalue weighted by atomic mass is 10.2. The van der Waals surface area contributed by atoms with Gasteiger partial charge in [-0.1, -0.05) is 39.7 Å². The Morgan fingerprint density at radius 1 is 1.14 bits per heavy atom. The van der Waals surface area contributed by atoms with Crippen LogP contribution in [0.3, 0.4) is 0 Å². The second-order valence-electron chi connectivity index (χ2n) is 4.52. The minimum atomic E-state index is -0.938. The van der Waals surface area contributed by atoms with Gasteiger partial charge >= 0.3 is 5.97 Å². The summed E-state index contributed by atoms with van der Waals surface area (Å²) in [5, 5.41) is 2.96. The normalized spacial score (nSPS) is 11.6. The first-order valence-corrected chi connectivity index (χ1v) is 7.66. The van der Waals surface area contributed by atoms with Gasteiger partial charge < -0.3 is 10.1 Å². The Morgan fingerprint density at radius 3 is 2.41 bits per heavy atom. The minimum Gasteiger partial charge on any atom is -0.449 e. The Balaban J connectivity index is 1.98. The molecule has 0 aromatic heterocycles. The van der Waals surface area contributed by atoms with Gasteiger partial charge in [0.05, 0.1) is 10.6 Å². The summed E-state index contributed by atoms with van der Waals surface area (Å²) in [4.78, 5) is 24.0. The molecule has 0 spiro atoms. The van der Waals surface area contributed by atoms with E-state index in [1.54, 1.807) is 48.5 Å². The molecule has 2 aromatic rings. The molecule has 6 heteroatoms. The number of hydrogen-bond acceptors (Lipinski definition) is 3. The van der Waals surface area contributed by atoms with E-state index in [4.69, 9.17) is 16.3 Å². The molecule has 0 bridgehead atoms. The number of rotatable bonds is 4. The highest BCUT2D eigenvalue weighted by atomic mass is 79.9. The van der Waals surface area contributed by atoms with Gasteiger partial charge in [0.2, 0.25) is 0 Å². The summed E-state index contributed by atoms with van der Waals surface area (Å²) >= 11 is 9.23. The molecule has 2 aromatic carbocycles. The van der Waals surface area contributed by atoms with Gasteiger partial charge in [0.25, 0.3) is 5.91 Å². The largest absolute Gasteiger partial charge is 0.449 e. The van der Waals surface area contributed by atoms with Crippen molar-refractivity contribution in [2.45, 2.75) is 13.0 Å². The average Bonchev–Trinajstić information content (AvgIpc) is 2.49. The quantitative estimate of drug-likeness (QED) is 0.803. The molecule has 0 radical (unpaired) electrons. The van der Waals surface area contributed by atoms with Crippen LogP contribution in [0.5, 0.6) is 0 Å². The second-order valence-corrected chi connectivity index (χ2v) is 5.85. The van der Waals surface area contributed by atoms with Gasteiger partial charge in [-0.3, -0.25) is 4.79 Å². The van der Waals surface area contributed by atoms with Crippen molar-refractivity contribution in [3.05, 3.63) is 63.6 Å². The van der Waals surface area contributed by atoms with E-state index < -0.39 is 18.0 Å². The van der Waals surface area contributed by atoms with Crippen molar-refractivity contribution in [1.82, 2.24) is 0 Å². The number of carbonyl (C=O) groups is 2. The first-order chi connectivity index (χ1) is 10.5. The number of anilines is 1. The fourth-order valence-corrected chi connectivity index (χ4v) is 2.16. The monoisotopic (exact) mass is 381 g/mol. The Kier molecular flexibility index (Phi) is 5.57. The lowest BCUT2D eigenvalue weighted by molar-refractivity contribution is -0.123. The second kappa shape index (κ2) is 7.42. The van der Waals surface area contributed by atoms with E-state index in [1.807, 2.05) is 0 Å². The van der Waals surface area contributed by atoms with Crippen LogP contribution in [0, 0.1) is 0 Å². The van der Waals surface area contributed by atoms with Gasteiger partial charge in [0.1, 0.15) is 0 Å². The minimum absolute atomic E-state index is 0.229. The summed E-state index contributed by atoms with van der Waals surface area (Å²) in [5.74, 6) is -1.05. The Hall–Kier alpha value is -1.85. The topological polar surface area (TPSA) is 55.4 Å². The van der Waals surface area contributed by atoms with Gasteiger partial charge in [-0.05, 0) is 43.3 Å². The van der Waals surface area contributed by atoms with Crippen LogP contribution in [0.1, 0.15) is 17.3 Å². The summed E-state index contributed by atoms with van der Waals surface area (Å²) in [7, 11) is 0. The third-order valence-electron chi connectivity index (χ3n) is 2.86. The summed E-state index contributed by atoms with van der Waals surface area (Å²) in [5.41, 5.74) is 0.848. The van der Waals surface area contributed by atoms with Crippen LogP contribution >= 0.6 is 27.5 Å². The number of ether oxygens (including phenoxy) is 1. The van der Waals surface area contributed by atoms with Gasteiger partial charge in [0, 0.05) is 10.2 Å². The summed E-state index contributed by atoms with van der Waals surface area (Å²) < 4.78 is 6.04. The van der Waals surface area contributed by atoms with Crippen molar-refractivity contribution in [1.29, 1.82) is 0 Å². The summed E-state index contributed by atoms with van der Waals surface area (Å²) in [6.07, 6.45) is -0.938. The number of hydrogen-bond donors (Lipinski definition) is 1. The summed E-state index contributed by atoms with van der Waals surface area (Å²) in [6, 6.07) is 13.6. The summed E-state index contributed by atoms with van der Waals surface area (Å²) in [6.45, 7) is 1.50. The zero-order valence-electron chi connectivity index (χ0n) is 11.7. The van der Waals surface area contributed by atoms with Gasteiger partial charge in [-0.2, -0.15) is 0 Å². The first kappa shape index (κ1) is 16.5. The Bertz CT molecular complexity index is 688. The SMILES string of the molecule is CC(OC(=O)c1ccccc1Cl)C(=O)Nc1ccc(Br)cc1. The molecule has 0 aliphatic rings. The van der Waals surface area contributed by atoms with Crippen LogP contribution in [0.4, 0.5) is 5.69 Å². The van der Waals surface area contributed by atoms with E-state index in [9.17, 15) is 9.59 Å². The van der Waals surface area contributed by atoms with Crippen LogP contribution in [0.25, 0.3) is 0 Å². The first-order valence-electron chi connectivity index (χ1n) is 6.49. The molecule has 4 nitrogen and oxygen atoms in total. The van der Waals surface area contributed by atoms with E-state index in [2.05, 4.69) is 21.2 Å². The van der Waals surface area contributed by atoms with Crippen molar-refractivity contribution in [3.8, 4) is 0 Å². The number of esters is 1. The number of carbonyl (C=O) groups excluding carboxylic acids is 2. The van der Waals surface area contributed by atoms with Crippen LogP contribution in [0.15, 0.2) is 53.0 Å². The van der Waals surface area contributed by atoms with Gasteiger partial charge in [-0.25, -0.2) is 4.79 Å². The standard InChI is InChI=1S/C16H13BrClNO3/c1-10(15(20)19-12-8-6-11(17)7-9-12)22-16(21)13-4-2-3-5-14(13)18/h2-10H,1H3,(H,19,20). The van der Waals surface area contributed by atoms with Crippen molar-refractivity contribution in [3.63, 3.8) is 0 Å². The Labute approximate surface area is 141 Å². The van der Waals surface area contributed by atoms with E-state index in [0.717, 1.165) is 4.47 Å². The highest BCUT2D eigenvalue weighted by Crippen LogP contribution is 2.17. The maximum atomic E-state index is 12.0. The number of amides is 1. The molecule has 114 valence electrons. The lowest BCUT2D eigenvalue weighted by Gasteiger charge is -2.14.